The lowest BCUT2D eigenvalue weighted by Gasteiger charge is -2.15. The number of nitrogens with two attached hydrogens (primary N) is 1. The highest BCUT2D eigenvalue weighted by molar-refractivity contribution is 5.86. The number of hydrogen-bond donors (Lipinski definition) is 5. The average Bonchev–Trinajstić information content (AvgIpc) is 2.95. The van der Waals surface area contributed by atoms with Gasteiger partial charge in [0.1, 0.15) is 12.3 Å². The first kappa shape index (κ1) is 20.0. The molecule has 1 saturated heterocycles. The quantitative estimate of drug-likeness (QED) is 0.329. The van der Waals surface area contributed by atoms with Gasteiger partial charge < -0.3 is 25.8 Å². The van der Waals surface area contributed by atoms with Crippen molar-refractivity contribution in [3.63, 3.8) is 0 Å². The van der Waals surface area contributed by atoms with Gasteiger partial charge >= 0.3 is 11.7 Å². The van der Waals surface area contributed by atoms with Gasteiger partial charge in [-0.3, -0.25) is 23.9 Å². The Balaban J connectivity index is 2.17. The number of nitrogens with one attached hydrogen (secondary N) is 1. The first-order chi connectivity index (χ1) is 12.2. The normalized spacial score (nSPS) is 23.7. The van der Waals surface area contributed by atoms with Crippen molar-refractivity contribution in [2.45, 2.75) is 50.2 Å². The number of carboxylic acids is 1. The number of nitrogens with zero attached hydrogens (tertiary/aromatic N) is 1. The molecule has 0 aliphatic carbocycles. The molecule has 0 amide bonds. The predicted molar refractivity (Wildman–Crippen MR) is 86.5 cm³/mol. The van der Waals surface area contributed by atoms with E-state index in [0.29, 0.717) is 0 Å². The average molecular weight is 371 g/mol. The van der Waals surface area contributed by atoms with Gasteiger partial charge in [-0.2, -0.15) is 0 Å². The van der Waals surface area contributed by atoms with E-state index in [1.165, 1.54) is 0 Å². The van der Waals surface area contributed by atoms with Crippen LogP contribution in [0.15, 0.2) is 15.8 Å². The monoisotopic (exact) mass is 371 g/mol. The molecule has 0 saturated carbocycles. The summed E-state index contributed by atoms with van der Waals surface area (Å²) in [5.41, 5.74) is 4.05. The standard InChI is InChI=1S/C15H21N3O8/c16-8(1-2-13(22)23)9(20)3-7-5-18(15(25)17-14(7)24)12-4-10(21)11(6-19)26-12/h5,8,10-12,19,21H,1-4,6,16H2,(H,22,23)(H,17,24,25)/t8-,10-,11+,12+/m0/s1. The predicted octanol–water partition coefficient (Wildman–Crippen LogP) is -2.52. The molecule has 144 valence electrons. The van der Waals surface area contributed by atoms with E-state index in [2.05, 4.69) is 4.98 Å². The van der Waals surface area contributed by atoms with Crippen molar-refractivity contribution >= 4 is 11.8 Å². The van der Waals surface area contributed by atoms with E-state index < -0.39 is 54.1 Å². The fourth-order valence-corrected chi connectivity index (χ4v) is 2.68. The van der Waals surface area contributed by atoms with Gasteiger partial charge in [0.2, 0.25) is 0 Å². The maximum Gasteiger partial charge on any atom is 0.330 e. The molecule has 11 nitrogen and oxygen atoms in total. The molecule has 4 atom stereocenters. The molecule has 1 aliphatic rings. The Hall–Kier alpha value is -2.34. The SMILES string of the molecule is N[C@@H](CCC(=O)O)C(=O)Cc1cn([C@H]2C[C@H](O)[C@@H](CO)O2)c(=O)[nH]c1=O. The summed E-state index contributed by atoms with van der Waals surface area (Å²) in [5.74, 6) is -1.63. The smallest absolute Gasteiger partial charge is 0.330 e. The highest BCUT2D eigenvalue weighted by Crippen LogP contribution is 2.27. The number of aromatic nitrogens is 2. The second kappa shape index (κ2) is 8.36. The molecule has 1 aromatic heterocycles. The van der Waals surface area contributed by atoms with Crippen LogP contribution in [0.1, 0.15) is 31.1 Å². The molecule has 1 fully saturated rings. The number of carboxylic acid groups (broad SMARTS) is 1. The van der Waals surface area contributed by atoms with Gasteiger partial charge in [-0.05, 0) is 6.42 Å². The fraction of sp³-hybridized carbons (Fsp3) is 0.600. The highest BCUT2D eigenvalue weighted by Gasteiger charge is 2.35. The topological polar surface area (TPSA) is 185 Å². The minimum absolute atomic E-state index is 0.0304. The summed E-state index contributed by atoms with van der Waals surface area (Å²) in [6, 6.07) is -1.05. The Morgan fingerprint density at radius 1 is 1.42 bits per heavy atom. The van der Waals surface area contributed by atoms with Crippen LogP contribution in [0.3, 0.4) is 0 Å². The van der Waals surface area contributed by atoms with Crippen molar-refractivity contribution in [3.8, 4) is 0 Å². The minimum Gasteiger partial charge on any atom is -0.481 e. The second-order valence-corrected chi connectivity index (χ2v) is 6.12. The molecule has 0 bridgehead atoms. The van der Waals surface area contributed by atoms with Crippen LogP contribution in [-0.2, 0) is 20.7 Å². The zero-order chi connectivity index (χ0) is 19.4. The van der Waals surface area contributed by atoms with Crippen LogP contribution in [0.5, 0.6) is 0 Å². The zero-order valence-electron chi connectivity index (χ0n) is 13.8. The van der Waals surface area contributed by atoms with E-state index in [1.807, 2.05) is 0 Å². The number of hydrogen-bond acceptors (Lipinski definition) is 8. The van der Waals surface area contributed by atoms with Crippen molar-refractivity contribution in [1.82, 2.24) is 9.55 Å². The Kier molecular flexibility index (Phi) is 6.42. The van der Waals surface area contributed by atoms with Crippen LogP contribution in [0.4, 0.5) is 0 Å². The van der Waals surface area contributed by atoms with Crippen LogP contribution >= 0.6 is 0 Å². The van der Waals surface area contributed by atoms with Crippen LogP contribution in [-0.4, -0.2) is 61.5 Å². The number of aliphatic carboxylic acids is 1. The molecule has 1 aliphatic heterocycles. The van der Waals surface area contributed by atoms with E-state index in [1.54, 1.807) is 0 Å². The van der Waals surface area contributed by atoms with E-state index >= 15 is 0 Å². The number of carbonyl (C=O) groups excluding carboxylic acids is 1. The number of aromatic amines is 1. The largest absolute Gasteiger partial charge is 0.481 e. The molecule has 6 N–H and O–H groups in total. The summed E-state index contributed by atoms with van der Waals surface area (Å²) in [4.78, 5) is 48.6. The van der Waals surface area contributed by atoms with E-state index in [9.17, 15) is 24.3 Å². The summed E-state index contributed by atoms with van der Waals surface area (Å²) in [7, 11) is 0. The summed E-state index contributed by atoms with van der Waals surface area (Å²) < 4.78 is 6.40. The van der Waals surface area contributed by atoms with Gasteiger partial charge in [0, 0.05) is 31.0 Å². The van der Waals surface area contributed by atoms with Crippen LogP contribution in [0.2, 0.25) is 0 Å². The Morgan fingerprint density at radius 2 is 2.12 bits per heavy atom. The summed E-state index contributed by atoms with van der Waals surface area (Å²) >= 11 is 0. The number of H-pyrrole nitrogens is 1. The third-order valence-corrected chi connectivity index (χ3v) is 4.18. The second-order valence-electron chi connectivity index (χ2n) is 6.12. The number of aliphatic hydroxyl groups is 2. The lowest BCUT2D eigenvalue weighted by molar-refractivity contribution is -0.137. The van der Waals surface area contributed by atoms with Crippen LogP contribution in [0, 0.1) is 0 Å². The van der Waals surface area contributed by atoms with Crippen molar-refractivity contribution < 1.29 is 29.6 Å². The lowest BCUT2D eigenvalue weighted by atomic mass is 10.0. The van der Waals surface area contributed by atoms with E-state index in [4.69, 9.17) is 20.7 Å². The summed E-state index contributed by atoms with van der Waals surface area (Å²) in [6.07, 6.45) is -2.27. The van der Waals surface area contributed by atoms with E-state index in [0.717, 1.165) is 10.8 Å². The molecule has 0 aromatic carbocycles. The number of rotatable bonds is 8. The first-order valence-corrected chi connectivity index (χ1v) is 8.01. The number of ether oxygens (including phenoxy) is 1. The summed E-state index contributed by atoms with van der Waals surface area (Å²) in [6.45, 7) is -0.431. The van der Waals surface area contributed by atoms with Gasteiger partial charge in [0.25, 0.3) is 5.56 Å². The Labute approximate surface area is 147 Å². The molecule has 0 spiro atoms. The van der Waals surface area contributed by atoms with Gasteiger partial charge in [-0.25, -0.2) is 4.79 Å². The highest BCUT2D eigenvalue weighted by atomic mass is 16.5. The van der Waals surface area contributed by atoms with Gasteiger partial charge in [-0.15, -0.1) is 0 Å². The molecule has 0 radical (unpaired) electrons. The van der Waals surface area contributed by atoms with Crippen molar-refractivity contribution in [2.75, 3.05) is 6.61 Å². The fourth-order valence-electron chi connectivity index (χ4n) is 2.68. The number of ketones is 1. The maximum atomic E-state index is 12.1. The zero-order valence-corrected chi connectivity index (χ0v) is 13.8. The third kappa shape index (κ3) is 4.64. The van der Waals surface area contributed by atoms with E-state index in [-0.39, 0.29) is 31.2 Å². The molecular formula is C15H21N3O8. The first-order valence-electron chi connectivity index (χ1n) is 8.01. The van der Waals surface area contributed by atoms with Gasteiger partial charge in [0.05, 0.1) is 18.8 Å². The minimum atomic E-state index is -1.09. The maximum absolute atomic E-state index is 12.1. The lowest BCUT2D eigenvalue weighted by Crippen LogP contribution is -2.37. The molecule has 26 heavy (non-hydrogen) atoms. The third-order valence-electron chi connectivity index (χ3n) is 4.18. The molecular weight excluding hydrogens is 350 g/mol. The van der Waals surface area contributed by atoms with Crippen molar-refractivity contribution in [1.29, 1.82) is 0 Å². The number of carbonyl (C=O) groups is 2. The van der Waals surface area contributed by atoms with Crippen LogP contribution < -0.4 is 17.0 Å². The summed E-state index contributed by atoms with van der Waals surface area (Å²) in [5, 5.41) is 27.5. The van der Waals surface area contributed by atoms with Crippen molar-refractivity contribution in [2.24, 2.45) is 5.73 Å². The molecule has 2 heterocycles. The Bertz CT molecular complexity index is 786. The van der Waals surface area contributed by atoms with Crippen LogP contribution in [0.25, 0.3) is 0 Å². The molecule has 11 heteroatoms. The molecule has 0 unspecified atom stereocenters. The number of aliphatic hydroxyl groups excluding tert-OH is 2. The Morgan fingerprint density at radius 3 is 2.69 bits per heavy atom. The molecule has 1 aromatic rings. The van der Waals surface area contributed by atoms with Gasteiger partial charge in [-0.1, -0.05) is 0 Å². The molecule has 2 rings (SSSR count). The van der Waals surface area contributed by atoms with Gasteiger partial charge in [0.15, 0.2) is 5.78 Å². The van der Waals surface area contributed by atoms with Crippen molar-refractivity contribution in [3.05, 3.63) is 32.6 Å². The number of Topliss-reactive ketones (excluding diaryl/α,β-unsaturated/α-hetero) is 1.